The summed E-state index contributed by atoms with van der Waals surface area (Å²) in [6, 6.07) is 8.90. The molecular formula is C16H25. The Labute approximate surface area is 101 Å². The van der Waals surface area contributed by atoms with Crippen molar-refractivity contribution in [3.63, 3.8) is 0 Å². The number of rotatable bonds is 8. The fourth-order valence-electron chi connectivity index (χ4n) is 2.04. The van der Waals surface area contributed by atoms with Crippen molar-refractivity contribution < 1.29 is 0 Å². The van der Waals surface area contributed by atoms with Gasteiger partial charge in [-0.05, 0) is 30.4 Å². The third kappa shape index (κ3) is 5.34. The van der Waals surface area contributed by atoms with E-state index in [4.69, 9.17) is 0 Å². The van der Waals surface area contributed by atoms with E-state index >= 15 is 0 Å². The molecule has 0 aliphatic rings. The first-order valence-electron chi connectivity index (χ1n) is 6.75. The molecule has 1 aromatic rings. The van der Waals surface area contributed by atoms with E-state index in [1.54, 1.807) is 0 Å². The molecule has 1 aromatic carbocycles. The van der Waals surface area contributed by atoms with Crippen LogP contribution in [0.1, 0.15) is 63.5 Å². The van der Waals surface area contributed by atoms with Crippen molar-refractivity contribution in [2.45, 2.75) is 58.8 Å². The van der Waals surface area contributed by atoms with E-state index in [0.717, 1.165) is 0 Å². The molecular weight excluding hydrogens is 192 g/mol. The summed E-state index contributed by atoms with van der Waals surface area (Å²) in [6.07, 6.45) is 11.7. The van der Waals surface area contributed by atoms with Crippen LogP contribution < -0.4 is 0 Å². The molecule has 16 heavy (non-hydrogen) atoms. The Hall–Kier alpha value is -0.780. The van der Waals surface area contributed by atoms with Crippen LogP contribution in [0, 0.1) is 6.42 Å². The van der Waals surface area contributed by atoms with Crippen molar-refractivity contribution in [3.8, 4) is 0 Å². The average molecular weight is 217 g/mol. The molecule has 0 amide bonds. The van der Waals surface area contributed by atoms with E-state index in [9.17, 15) is 0 Å². The van der Waals surface area contributed by atoms with Crippen molar-refractivity contribution in [1.29, 1.82) is 0 Å². The molecule has 1 radical (unpaired) electrons. The largest absolute Gasteiger partial charge is 0.0654 e. The Bertz CT molecular complexity index is 275. The first-order chi connectivity index (χ1) is 7.86. The first-order valence-corrected chi connectivity index (χ1v) is 6.75. The summed E-state index contributed by atoms with van der Waals surface area (Å²) >= 11 is 0. The van der Waals surface area contributed by atoms with Crippen molar-refractivity contribution in [2.75, 3.05) is 0 Å². The van der Waals surface area contributed by atoms with Gasteiger partial charge in [-0.15, -0.1) is 0 Å². The van der Waals surface area contributed by atoms with Crippen molar-refractivity contribution in [1.82, 2.24) is 0 Å². The molecule has 0 nitrogen and oxygen atoms in total. The quantitative estimate of drug-likeness (QED) is 0.527. The highest BCUT2D eigenvalue weighted by Gasteiger charge is 1.95. The van der Waals surface area contributed by atoms with E-state index in [1.807, 2.05) is 0 Å². The number of hydrogen-bond donors (Lipinski definition) is 0. The molecule has 89 valence electrons. The Morgan fingerprint density at radius 2 is 1.75 bits per heavy atom. The number of aryl methyl sites for hydroxylation is 1. The first kappa shape index (κ1) is 13.3. The molecule has 0 fully saturated rings. The lowest BCUT2D eigenvalue weighted by Gasteiger charge is -2.04. The van der Waals surface area contributed by atoms with Gasteiger partial charge in [0, 0.05) is 0 Å². The molecule has 1 rings (SSSR count). The van der Waals surface area contributed by atoms with Crippen LogP contribution in [0.25, 0.3) is 0 Å². The van der Waals surface area contributed by atoms with Gasteiger partial charge in [0.05, 0.1) is 0 Å². The van der Waals surface area contributed by atoms with Crippen LogP contribution in [-0.4, -0.2) is 0 Å². The molecule has 0 unspecified atom stereocenters. The second-order valence-electron chi connectivity index (χ2n) is 4.55. The van der Waals surface area contributed by atoms with E-state index in [0.29, 0.717) is 0 Å². The van der Waals surface area contributed by atoms with Crippen LogP contribution in [0.15, 0.2) is 24.3 Å². The molecule has 0 atom stereocenters. The maximum atomic E-state index is 2.31. The summed E-state index contributed by atoms with van der Waals surface area (Å²) < 4.78 is 0. The zero-order valence-electron chi connectivity index (χ0n) is 10.8. The van der Waals surface area contributed by atoms with Gasteiger partial charge in [-0.2, -0.15) is 0 Å². The van der Waals surface area contributed by atoms with Crippen LogP contribution in [0.3, 0.4) is 0 Å². The van der Waals surface area contributed by atoms with Crippen LogP contribution in [0.2, 0.25) is 0 Å². The molecule has 0 bridgehead atoms. The fraction of sp³-hybridized carbons (Fsp3) is 0.562. The second-order valence-corrected chi connectivity index (χ2v) is 4.55. The summed E-state index contributed by atoms with van der Waals surface area (Å²) in [4.78, 5) is 0. The third-order valence-electron chi connectivity index (χ3n) is 3.10. The van der Waals surface area contributed by atoms with Crippen molar-refractivity contribution >= 4 is 0 Å². The minimum atomic E-state index is 1.24. The highest BCUT2D eigenvalue weighted by molar-refractivity contribution is 5.27. The summed E-state index contributed by atoms with van der Waals surface area (Å²) in [5, 5.41) is 0. The molecule has 0 heteroatoms. The van der Waals surface area contributed by atoms with Gasteiger partial charge >= 0.3 is 0 Å². The van der Waals surface area contributed by atoms with Crippen LogP contribution >= 0.6 is 0 Å². The Morgan fingerprint density at radius 1 is 1.00 bits per heavy atom. The van der Waals surface area contributed by atoms with E-state index < -0.39 is 0 Å². The Morgan fingerprint density at radius 3 is 2.50 bits per heavy atom. The lowest BCUT2D eigenvalue weighted by atomic mass is 10.0. The van der Waals surface area contributed by atoms with Gasteiger partial charge in [-0.25, -0.2) is 0 Å². The summed E-state index contributed by atoms with van der Waals surface area (Å²) in [7, 11) is 0. The zero-order valence-corrected chi connectivity index (χ0v) is 10.8. The van der Waals surface area contributed by atoms with Crippen LogP contribution in [0.5, 0.6) is 0 Å². The zero-order chi connectivity index (χ0) is 11.6. The second kappa shape index (κ2) is 8.38. The summed E-state index contributed by atoms with van der Waals surface area (Å²) in [6.45, 7) is 4.37. The lowest BCUT2D eigenvalue weighted by Crippen LogP contribution is -1.88. The third-order valence-corrected chi connectivity index (χ3v) is 3.10. The summed E-state index contributed by atoms with van der Waals surface area (Å²) in [5.41, 5.74) is 2.84. The average Bonchev–Trinajstić information content (AvgIpc) is 2.34. The molecule has 0 aliphatic carbocycles. The fourth-order valence-corrected chi connectivity index (χ4v) is 2.04. The van der Waals surface area contributed by atoms with Gasteiger partial charge in [-0.3, -0.25) is 0 Å². The Balaban J connectivity index is 2.16. The van der Waals surface area contributed by atoms with Crippen LogP contribution in [-0.2, 0) is 6.42 Å². The minimum Gasteiger partial charge on any atom is -0.0654 e. The van der Waals surface area contributed by atoms with Crippen LogP contribution in [0.4, 0.5) is 0 Å². The Kier molecular flexibility index (Phi) is 6.96. The molecule has 0 spiro atoms. The lowest BCUT2D eigenvalue weighted by molar-refractivity contribution is 0.607. The van der Waals surface area contributed by atoms with Gasteiger partial charge in [0.25, 0.3) is 0 Å². The standard InChI is InChI=1S/C16H25/c1-3-5-6-7-8-9-11-16-13-10-12-15(4-2)14-16/h4,10,12-14H,3,5-9,11H2,1-2H3. The van der Waals surface area contributed by atoms with E-state index in [2.05, 4.69) is 44.5 Å². The predicted molar refractivity (Wildman–Crippen MR) is 72.6 cm³/mol. The van der Waals surface area contributed by atoms with Gasteiger partial charge in [0.15, 0.2) is 0 Å². The number of benzene rings is 1. The smallest absolute Gasteiger partial charge is 0.0124 e. The SMILES string of the molecule is C[CH]c1cccc(CCCCCCCC)c1. The van der Waals surface area contributed by atoms with Gasteiger partial charge in [0.1, 0.15) is 0 Å². The minimum absolute atomic E-state index is 1.24. The maximum Gasteiger partial charge on any atom is -0.0124 e. The summed E-state index contributed by atoms with van der Waals surface area (Å²) in [5.74, 6) is 0. The molecule has 0 aliphatic heterocycles. The maximum absolute atomic E-state index is 2.31. The molecule has 0 N–H and O–H groups in total. The van der Waals surface area contributed by atoms with E-state index in [-0.39, 0.29) is 0 Å². The van der Waals surface area contributed by atoms with Gasteiger partial charge in [-0.1, -0.05) is 70.2 Å². The molecule has 0 saturated carbocycles. The highest BCUT2D eigenvalue weighted by Crippen LogP contribution is 2.12. The molecule has 0 heterocycles. The highest BCUT2D eigenvalue weighted by atomic mass is 14.0. The number of unbranched alkanes of at least 4 members (excludes halogenated alkanes) is 5. The topological polar surface area (TPSA) is 0 Å². The predicted octanol–water partition coefficient (Wildman–Crippen LogP) is 5.16. The van der Waals surface area contributed by atoms with E-state index in [1.165, 1.54) is 56.1 Å². The van der Waals surface area contributed by atoms with Crippen molar-refractivity contribution in [3.05, 3.63) is 41.8 Å². The number of hydrogen-bond acceptors (Lipinski definition) is 0. The normalized spacial score (nSPS) is 10.6. The molecule has 0 saturated heterocycles. The van der Waals surface area contributed by atoms with Gasteiger partial charge in [0.2, 0.25) is 0 Å². The molecule has 0 aromatic heterocycles. The van der Waals surface area contributed by atoms with Gasteiger partial charge < -0.3 is 0 Å². The monoisotopic (exact) mass is 217 g/mol. The van der Waals surface area contributed by atoms with Crippen molar-refractivity contribution in [2.24, 2.45) is 0 Å².